The summed E-state index contributed by atoms with van der Waals surface area (Å²) in [5.74, 6) is 0.645. The predicted molar refractivity (Wildman–Crippen MR) is 123 cm³/mol. The maximum Gasteiger partial charge on any atom is 0.261 e. The lowest BCUT2D eigenvalue weighted by Crippen LogP contribution is -2.50. The number of rotatable bonds is 9. The highest BCUT2D eigenvalue weighted by Crippen LogP contribution is 2.19. The van der Waals surface area contributed by atoms with Crippen LogP contribution in [0, 0.1) is 0 Å². The number of amides is 2. The zero-order valence-electron chi connectivity index (χ0n) is 18.3. The van der Waals surface area contributed by atoms with Crippen LogP contribution in [0.5, 0.6) is 5.75 Å². The Balaban J connectivity index is 2.11. The zero-order chi connectivity index (χ0) is 22.3. The third kappa shape index (κ3) is 7.17. The molecule has 2 amide bonds. The first-order valence-electron chi connectivity index (χ1n) is 10.2. The van der Waals surface area contributed by atoms with Crippen molar-refractivity contribution in [1.82, 2.24) is 10.2 Å². The lowest BCUT2D eigenvalue weighted by Gasteiger charge is -2.29. The van der Waals surface area contributed by atoms with Crippen LogP contribution >= 0.6 is 15.9 Å². The van der Waals surface area contributed by atoms with Crippen molar-refractivity contribution in [1.29, 1.82) is 0 Å². The van der Waals surface area contributed by atoms with E-state index in [4.69, 9.17) is 4.74 Å². The van der Waals surface area contributed by atoms with Gasteiger partial charge in [-0.1, -0.05) is 54.0 Å². The molecule has 0 radical (unpaired) electrons. The van der Waals surface area contributed by atoms with Crippen LogP contribution < -0.4 is 10.1 Å². The summed E-state index contributed by atoms with van der Waals surface area (Å²) in [7, 11) is 0. The Morgan fingerprint density at radius 2 is 1.57 bits per heavy atom. The van der Waals surface area contributed by atoms with Crippen molar-refractivity contribution in [2.75, 3.05) is 6.61 Å². The molecule has 30 heavy (non-hydrogen) atoms. The molecule has 0 saturated heterocycles. The molecule has 1 N–H and O–H groups in total. The van der Waals surface area contributed by atoms with Crippen LogP contribution in [0.2, 0.25) is 0 Å². The third-order valence-corrected chi connectivity index (χ3v) is 5.30. The van der Waals surface area contributed by atoms with E-state index in [0.29, 0.717) is 18.2 Å². The van der Waals surface area contributed by atoms with E-state index in [1.807, 2.05) is 62.4 Å². The van der Waals surface area contributed by atoms with Gasteiger partial charge in [0, 0.05) is 17.1 Å². The van der Waals surface area contributed by atoms with E-state index in [9.17, 15) is 9.59 Å². The Hall–Kier alpha value is -2.34. The molecule has 2 rings (SSSR count). The van der Waals surface area contributed by atoms with Gasteiger partial charge in [-0.2, -0.15) is 0 Å². The molecule has 2 aromatic carbocycles. The largest absolute Gasteiger partial charge is 0.484 e. The van der Waals surface area contributed by atoms with Crippen molar-refractivity contribution in [3.05, 3.63) is 64.1 Å². The summed E-state index contributed by atoms with van der Waals surface area (Å²) in [6.07, 6.45) is 0. The Labute approximate surface area is 187 Å². The molecule has 0 aliphatic carbocycles. The number of halogens is 1. The Morgan fingerprint density at radius 3 is 2.10 bits per heavy atom. The van der Waals surface area contributed by atoms with E-state index < -0.39 is 6.04 Å². The first kappa shape index (κ1) is 23.9. The van der Waals surface area contributed by atoms with Gasteiger partial charge in [-0.15, -0.1) is 0 Å². The smallest absolute Gasteiger partial charge is 0.261 e. The third-order valence-electron chi connectivity index (χ3n) is 4.77. The minimum atomic E-state index is -0.615. The van der Waals surface area contributed by atoms with Crippen molar-refractivity contribution in [3.63, 3.8) is 0 Å². The van der Waals surface area contributed by atoms with Crippen molar-refractivity contribution in [2.45, 2.75) is 59.2 Å². The summed E-state index contributed by atoms with van der Waals surface area (Å²) < 4.78 is 6.68. The average Bonchev–Trinajstić information content (AvgIpc) is 2.70. The maximum absolute atomic E-state index is 13.0. The van der Waals surface area contributed by atoms with Crippen molar-refractivity contribution in [3.8, 4) is 5.75 Å². The monoisotopic (exact) mass is 474 g/mol. The van der Waals surface area contributed by atoms with E-state index in [1.165, 1.54) is 5.56 Å². The zero-order valence-corrected chi connectivity index (χ0v) is 19.9. The Bertz CT molecular complexity index is 833. The summed E-state index contributed by atoms with van der Waals surface area (Å²) in [6, 6.07) is 14.8. The molecule has 0 heterocycles. The second kappa shape index (κ2) is 11.2. The number of hydrogen-bond donors (Lipinski definition) is 1. The molecule has 0 unspecified atom stereocenters. The molecule has 0 aromatic heterocycles. The molecule has 162 valence electrons. The van der Waals surface area contributed by atoms with Crippen LogP contribution in [0.3, 0.4) is 0 Å². The summed E-state index contributed by atoms with van der Waals surface area (Å²) in [5, 5.41) is 2.88. The van der Waals surface area contributed by atoms with Crippen LogP contribution in [-0.4, -0.2) is 35.4 Å². The van der Waals surface area contributed by atoms with Gasteiger partial charge in [-0.05, 0) is 62.1 Å². The number of nitrogens with zero attached hydrogens (tertiary/aromatic N) is 1. The molecule has 0 saturated carbocycles. The van der Waals surface area contributed by atoms with Gasteiger partial charge in [0.2, 0.25) is 5.91 Å². The second-order valence-electron chi connectivity index (χ2n) is 8.00. The molecule has 0 aliphatic heterocycles. The van der Waals surface area contributed by atoms with E-state index in [2.05, 4.69) is 35.1 Å². The van der Waals surface area contributed by atoms with Crippen LogP contribution in [0.4, 0.5) is 0 Å². The minimum absolute atomic E-state index is 0.000282. The molecule has 0 aliphatic rings. The second-order valence-corrected chi connectivity index (χ2v) is 8.92. The molecule has 6 heteroatoms. The SMILES string of the molecule is CC(C)NC(=O)[C@@H](C)N(Cc1ccc(Br)cc1)C(=O)COc1ccc(C(C)C)cc1. The number of carbonyl (C=O) groups excluding carboxylic acids is 2. The van der Waals surface area contributed by atoms with Crippen molar-refractivity contribution in [2.24, 2.45) is 0 Å². The molecule has 0 fully saturated rings. The highest BCUT2D eigenvalue weighted by atomic mass is 79.9. The van der Waals surface area contributed by atoms with Crippen LogP contribution in [0.25, 0.3) is 0 Å². The van der Waals surface area contributed by atoms with Gasteiger partial charge >= 0.3 is 0 Å². The lowest BCUT2D eigenvalue weighted by atomic mass is 10.0. The molecular formula is C24H31BrN2O3. The number of nitrogens with one attached hydrogen (secondary N) is 1. The van der Waals surface area contributed by atoms with Gasteiger partial charge in [-0.3, -0.25) is 9.59 Å². The quantitative estimate of drug-likeness (QED) is 0.562. The first-order chi connectivity index (χ1) is 14.2. The van der Waals surface area contributed by atoms with Gasteiger partial charge in [0.25, 0.3) is 5.91 Å². The van der Waals surface area contributed by atoms with Gasteiger partial charge in [0.05, 0.1) is 0 Å². The standard InChI is InChI=1S/C24H31BrN2O3/c1-16(2)20-8-12-22(13-9-20)30-15-23(28)27(18(5)24(29)26-17(3)4)14-19-6-10-21(25)11-7-19/h6-13,16-18H,14-15H2,1-5H3,(H,26,29)/t18-/m1/s1. The lowest BCUT2D eigenvalue weighted by molar-refractivity contribution is -0.142. The normalized spacial score (nSPS) is 12.0. The molecule has 5 nitrogen and oxygen atoms in total. The van der Waals surface area contributed by atoms with Gasteiger partial charge in [0.1, 0.15) is 11.8 Å². The minimum Gasteiger partial charge on any atom is -0.484 e. The summed E-state index contributed by atoms with van der Waals surface area (Å²) in [4.78, 5) is 27.1. The van der Waals surface area contributed by atoms with E-state index >= 15 is 0 Å². The van der Waals surface area contributed by atoms with Gasteiger partial charge < -0.3 is 15.0 Å². The highest BCUT2D eigenvalue weighted by molar-refractivity contribution is 9.10. The van der Waals surface area contributed by atoms with Crippen LogP contribution in [0.1, 0.15) is 51.7 Å². The van der Waals surface area contributed by atoms with Crippen LogP contribution in [-0.2, 0) is 16.1 Å². The fourth-order valence-electron chi connectivity index (χ4n) is 2.95. The molecular weight excluding hydrogens is 444 g/mol. The topological polar surface area (TPSA) is 58.6 Å². The number of benzene rings is 2. The Morgan fingerprint density at radius 1 is 0.967 bits per heavy atom. The summed E-state index contributed by atoms with van der Waals surface area (Å²) in [5.41, 5.74) is 2.15. The first-order valence-corrected chi connectivity index (χ1v) is 11.0. The number of hydrogen-bond acceptors (Lipinski definition) is 3. The number of carbonyl (C=O) groups is 2. The molecule has 1 atom stereocenters. The summed E-state index contributed by atoms with van der Waals surface area (Å²) in [6.45, 7) is 9.99. The van der Waals surface area contributed by atoms with E-state index in [-0.39, 0.29) is 24.5 Å². The highest BCUT2D eigenvalue weighted by Gasteiger charge is 2.26. The maximum atomic E-state index is 13.0. The van der Waals surface area contributed by atoms with E-state index in [1.54, 1.807) is 11.8 Å². The van der Waals surface area contributed by atoms with E-state index in [0.717, 1.165) is 10.0 Å². The number of ether oxygens (including phenoxy) is 1. The molecule has 0 bridgehead atoms. The van der Waals surface area contributed by atoms with Crippen molar-refractivity contribution >= 4 is 27.7 Å². The van der Waals surface area contributed by atoms with Gasteiger partial charge in [0.15, 0.2) is 6.61 Å². The Kier molecular flexibility index (Phi) is 8.90. The van der Waals surface area contributed by atoms with Crippen LogP contribution in [0.15, 0.2) is 53.0 Å². The molecule has 0 spiro atoms. The average molecular weight is 475 g/mol. The van der Waals surface area contributed by atoms with Crippen molar-refractivity contribution < 1.29 is 14.3 Å². The predicted octanol–water partition coefficient (Wildman–Crippen LogP) is 4.89. The van der Waals surface area contributed by atoms with Gasteiger partial charge in [-0.25, -0.2) is 0 Å². The fraction of sp³-hybridized carbons (Fsp3) is 0.417. The fourth-order valence-corrected chi connectivity index (χ4v) is 3.22. The summed E-state index contributed by atoms with van der Waals surface area (Å²) >= 11 is 3.42. The molecule has 2 aromatic rings.